The summed E-state index contributed by atoms with van der Waals surface area (Å²) in [6, 6.07) is 18.7. The molecule has 0 radical (unpaired) electrons. The second kappa shape index (κ2) is 8.99. The lowest BCUT2D eigenvalue weighted by Gasteiger charge is -2.23. The summed E-state index contributed by atoms with van der Waals surface area (Å²) in [5.74, 6) is 0.618. The second-order valence-electron chi connectivity index (χ2n) is 6.68. The number of aromatic nitrogens is 1. The van der Waals surface area contributed by atoms with Crippen LogP contribution in [-0.2, 0) is 28.9 Å². The van der Waals surface area contributed by atoms with Gasteiger partial charge in [-0.3, -0.25) is 4.98 Å². The van der Waals surface area contributed by atoms with Crippen molar-refractivity contribution in [1.29, 1.82) is 0 Å². The number of hydrogen-bond donors (Lipinski definition) is 0. The Kier molecular flexibility index (Phi) is 6.44. The first-order chi connectivity index (χ1) is 13.5. The molecule has 0 saturated carbocycles. The molecule has 0 fully saturated rings. The van der Waals surface area contributed by atoms with Crippen LogP contribution in [0.25, 0.3) is 0 Å². The van der Waals surface area contributed by atoms with E-state index in [1.165, 1.54) is 4.31 Å². The summed E-state index contributed by atoms with van der Waals surface area (Å²) >= 11 is 0. The average Bonchev–Trinajstić information content (AvgIpc) is 2.70. The highest BCUT2D eigenvalue weighted by atomic mass is 32.2. The van der Waals surface area contributed by atoms with Gasteiger partial charge in [0, 0.05) is 31.0 Å². The molecule has 1 heterocycles. The van der Waals surface area contributed by atoms with Crippen LogP contribution < -0.4 is 4.74 Å². The van der Waals surface area contributed by atoms with Crippen LogP contribution in [0.1, 0.15) is 22.3 Å². The van der Waals surface area contributed by atoms with E-state index >= 15 is 0 Å². The Balaban J connectivity index is 1.91. The third-order valence-corrected chi connectivity index (χ3v) is 6.23. The van der Waals surface area contributed by atoms with E-state index in [0.717, 1.165) is 22.3 Å². The van der Waals surface area contributed by atoms with Gasteiger partial charge >= 0.3 is 0 Å². The molecule has 0 N–H and O–H groups in total. The minimum atomic E-state index is -3.56. The third kappa shape index (κ3) is 5.18. The van der Waals surface area contributed by atoms with Crippen molar-refractivity contribution in [3.05, 3.63) is 95.3 Å². The van der Waals surface area contributed by atoms with E-state index in [-0.39, 0.29) is 18.8 Å². The van der Waals surface area contributed by atoms with Crippen molar-refractivity contribution in [2.24, 2.45) is 0 Å². The van der Waals surface area contributed by atoms with E-state index in [1.807, 2.05) is 67.6 Å². The van der Waals surface area contributed by atoms with Crippen molar-refractivity contribution in [2.45, 2.75) is 25.8 Å². The van der Waals surface area contributed by atoms with Crippen LogP contribution in [0.3, 0.4) is 0 Å². The zero-order valence-electron chi connectivity index (χ0n) is 16.1. The first kappa shape index (κ1) is 20.0. The van der Waals surface area contributed by atoms with Crippen LogP contribution in [0, 0.1) is 6.92 Å². The lowest BCUT2D eigenvalue weighted by atomic mass is 10.2. The summed E-state index contributed by atoms with van der Waals surface area (Å²) in [4.78, 5) is 4.11. The number of nitrogens with zero attached hydrogens (tertiary/aromatic N) is 2. The molecule has 146 valence electrons. The maximum atomic E-state index is 13.3. The molecule has 3 aromatic rings. The van der Waals surface area contributed by atoms with E-state index in [9.17, 15) is 8.42 Å². The third-order valence-electron chi connectivity index (χ3n) is 4.48. The van der Waals surface area contributed by atoms with Crippen LogP contribution in [0.15, 0.2) is 73.1 Å². The molecule has 0 amide bonds. The van der Waals surface area contributed by atoms with Gasteiger partial charge in [0.05, 0.1) is 12.9 Å². The molecule has 0 unspecified atom stereocenters. The molecule has 1 aromatic heterocycles. The molecule has 0 saturated heterocycles. The molecule has 3 rings (SSSR count). The highest BCUT2D eigenvalue weighted by molar-refractivity contribution is 7.88. The van der Waals surface area contributed by atoms with Gasteiger partial charge in [-0.2, -0.15) is 4.31 Å². The average molecular weight is 397 g/mol. The SMILES string of the molecule is COc1ccccc1CN(Cc1cccnc1)S(=O)(=O)Cc1ccc(C)cc1. The van der Waals surface area contributed by atoms with Crippen molar-refractivity contribution in [3.8, 4) is 5.75 Å². The molecule has 0 aliphatic heterocycles. The standard InChI is InChI=1S/C22H24N2O3S/c1-18-9-11-19(12-10-18)17-28(25,26)24(15-20-6-5-13-23-14-20)16-21-7-3-4-8-22(21)27-2/h3-14H,15-17H2,1-2H3. The topological polar surface area (TPSA) is 59.5 Å². The van der Waals surface area contributed by atoms with Crippen molar-refractivity contribution in [2.75, 3.05) is 7.11 Å². The lowest BCUT2D eigenvalue weighted by Crippen LogP contribution is -2.31. The number of hydrogen-bond acceptors (Lipinski definition) is 4. The Morgan fingerprint density at radius 2 is 1.68 bits per heavy atom. The minimum absolute atomic E-state index is 0.0529. The summed E-state index contributed by atoms with van der Waals surface area (Å²) in [5.41, 5.74) is 3.52. The van der Waals surface area contributed by atoms with Crippen molar-refractivity contribution in [3.63, 3.8) is 0 Å². The van der Waals surface area contributed by atoms with Gasteiger partial charge in [0.25, 0.3) is 0 Å². The molecule has 0 aliphatic carbocycles. The van der Waals surface area contributed by atoms with Crippen LogP contribution in [0.4, 0.5) is 0 Å². The molecule has 0 aliphatic rings. The van der Waals surface area contributed by atoms with Gasteiger partial charge in [0.1, 0.15) is 5.75 Å². The van der Waals surface area contributed by atoms with Gasteiger partial charge in [-0.1, -0.05) is 54.1 Å². The molecule has 2 aromatic carbocycles. The predicted molar refractivity (Wildman–Crippen MR) is 110 cm³/mol. The van der Waals surface area contributed by atoms with Crippen molar-refractivity contribution >= 4 is 10.0 Å². The van der Waals surface area contributed by atoms with Gasteiger partial charge < -0.3 is 4.74 Å². The largest absolute Gasteiger partial charge is 0.496 e. The van der Waals surface area contributed by atoms with E-state index in [4.69, 9.17) is 4.74 Å². The molecular weight excluding hydrogens is 372 g/mol. The first-order valence-electron chi connectivity index (χ1n) is 9.02. The fraction of sp³-hybridized carbons (Fsp3) is 0.227. The summed E-state index contributed by atoms with van der Waals surface area (Å²) in [6.07, 6.45) is 3.37. The highest BCUT2D eigenvalue weighted by Gasteiger charge is 2.24. The number of ether oxygens (including phenoxy) is 1. The van der Waals surface area contributed by atoms with Gasteiger partial charge in [-0.05, 0) is 30.2 Å². The Labute approximate surface area is 166 Å². The van der Waals surface area contributed by atoms with Crippen LogP contribution in [-0.4, -0.2) is 24.8 Å². The van der Waals surface area contributed by atoms with Gasteiger partial charge in [-0.15, -0.1) is 0 Å². The maximum Gasteiger partial charge on any atom is 0.218 e. The summed E-state index contributed by atoms with van der Waals surface area (Å²) in [7, 11) is -1.97. The zero-order chi connectivity index (χ0) is 20.0. The van der Waals surface area contributed by atoms with Crippen LogP contribution >= 0.6 is 0 Å². The number of aryl methyl sites for hydroxylation is 1. The number of rotatable bonds is 8. The van der Waals surface area contributed by atoms with Crippen LogP contribution in [0.2, 0.25) is 0 Å². The van der Waals surface area contributed by atoms with E-state index in [2.05, 4.69) is 4.98 Å². The molecule has 28 heavy (non-hydrogen) atoms. The highest BCUT2D eigenvalue weighted by Crippen LogP contribution is 2.23. The van der Waals surface area contributed by atoms with E-state index < -0.39 is 10.0 Å². The molecular formula is C22H24N2O3S. The van der Waals surface area contributed by atoms with Crippen molar-refractivity contribution in [1.82, 2.24) is 9.29 Å². The quantitative estimate of drug-likeness (QED) is 0.579. The van der Waals surface area contributed by atoms with Crippen molar-refractivity contribution < 1.29 is 13.2 Å². The Hall–Kier alpha value is -2.70. The molecule has 5 nitrogen and oxygen atoms in total. The Morgan fingerprint density at radius 3 is 2.36 bits per heavy atom. The fourth-order valence-electron chi connectivity index (χ4n) is 2.96. The van der Waals surface area contributed by atoms with Gasteiger partial charge in [0.2, 0.25) is 10.0 Å². The number of methoxy groups -OCH3 is 1. The summed E-state index contributed by atoms with van der Waals surface area (Å²) in [6.45, 7) is 2.46. The van der Waals surface area contributed by atoms with Gasteiger partial charge in [-0.25, -0.2) is 8.42 Å². The normalized spacial score (nSPS) is 11.5. The monoisotopic (exact) mass is 396 g/mol. The second-order valence-corrected chi connectivity index (χ2v) is 8.65. The Bertz CT molecular complexity index is 1000. The predicted octanol–water partition coefficient (Wildman–Crippen LogP) is 3.93. The summed E-state index contributed by atoms with van der Waals surface area (Å²) < 4.78 is 33.4. The summed E-state index contributed by atoms with van der Waals surface area (Å²) in [5, 5.41) is 0. The number of sulfonamides is 1. The lowest BCUT2D eigenvalue weighted by molar-refractivity contribution is 0.375. The molecule has 6 heteroatoms. The van der Waals surface area contributed by atoms with Crippen LogP contribution in [0.5, 0.6) is 5.75 Å². The first-order valence-corrected chi connectivity index (χ1v) is 10.6. The number of benzene rings is 2. The van der Waals surface area contributed by atoms with Gasteiger partial charge in [0.15, 0.2) is 0 Å². The number of para-hydroxylation sites is 1. The zero-order valence-corrected chi connectivity index (χ0v) is 16.9. The fourth-order valence-corrected chi connectivity index (χ4v) is 4.44. The van der Waals surface area contributed by atoms with E-state index in [1.54, 1.807) is 19.5 Å². The maximum absolute atomic E-state index is 13.3. The number of pyridine rings is 1. The molecule has 0 bridgehead atoms. The molecule has 0 spiro atoms. The Morgan fingerprint density at radius 1 is 0.929 bits per heavy atom. The smallest absolute Gasteiger partial charge is 0.218 e. The minimum Gasteiger partial charge on any atom is -0.496 e. The molecule has 0 atom stereocenters. The van der Waals surface area contributed by atoms with E-state index in [0.29, 0.717) is 5.75 Å².